The Morgan fingerprint density at radius 1 is 1.08 bits per heavy atom. The van der Waals surface area contributed by atoms with Gasteiger partial charge in [0, 0.05) is 11.9 Å². The number of nitrogens with one attached hydrogen (secondary N) is 1. The first-order chi connectivity index (χ1) is 12.1. The number of hydrogen-bond acceptors (Lipinski definition) is 4. The van der Waals surface area contributed by atoms with Crippen LogP contribution in [0.5, 0.6) is 0 Å². The van der Waals surface area contributed by atoms with E-state index >= 15 is 0 Å². The van der Waals surface area contributed by atoms with Gasteiger partial charge in [-0.2, -0.15) is 0 Å². The van der Waals surface area contributed by atoms with E-state index in [0.717, 1.165) is 35.5 Å². The molecule has 0 aliphatic carbocycles. The predicted molar refractivity (Wildman–Crippen MR) is 96.7 cm³/mol. The third-order valence-corrected chi connectivity index (χ3v) is 4.68. The smallest absolute Gasteiger partial charge is 0.200 e. The molecule has 0 saturated heterocycles. The monoisotopic (exact) mass is 336 g/mol. The van der Waals surface area contributed by atoms with Gasteiger partial charge in [-0.3, -0.25) is 4.98 Å². The zero-order valence-electron chi connectivity index (χ0n) is 15.0. The van der Waals surface area contributed by atoms with Crippen molar-refractivity contribution in [1.82, 2.24) is 29.1 Å². The van der Waals surface area contributed by atoms with Crippen molar-refractivity contribution in [2.45, 2.75) is 20.4 Å². The molecule has 0 spiro atoms. The third kappa shape index (κ3) is 2.56. The number of pyridine rings is 1. The topological polar surface area (TPSA) is 65.3 Å². The van der Waals surface area contributed by atoms with Gasteiger partial charge in [0.25, 0.3) is 0 Å². The van der Waals surface area contributed by atoms with E-state index < -0.39 is 0 Å². The molecular formula is C18H22N7+. The van der Waals surface area contributed by atoms with Gasteiger partial charge in [0.1, 0.15) is 17.7 Å². The Bertz CT molecular complexity index is 1040. The van der Waals surface area contributed by atoms with E-state index in [1.54, 1.807) is 17.0 Å². The standard InChI is InChI=1S/C18H21N7/c1-12-13(2)24(10-9-23(3)4)17-15(12)18-21-16(22-25(18)11-20-17)14-7-5-6-8-19-14/h5-8,11H,9-10H2,1-4H3/p+1. The van der Waals surface area contributed by atoms with Crippen molar-refractivity contribution in [1.29, 1.82) is 0 Å². The molecule has 4 aromatic rings. The van der Waals surface area contributed by atoms with Crippen LogP contribution in [-0.2, 0) is 6.54 Å². The normalized spacial score (nSPS) is 11.9. The second-order valence-electron chi connectivity index (χ2n) is 6.68. The van der Waals surface area contributed by atoms with Crippen molar-refractivity contribution >= 4 is 16.7 Å². The van der Waals surface area contributed by atoms with Gasteiger partial charge >= 0.3 is 0 Å². The van der Waals surface area contributed by atoms with Gasteiger partial charge in [-0.25, -0.2) is 14.5 Å². The van der Waals surface area contributed by atoms with Crippen LogP contribution in [0.4, 0.5) is 0 Å². The first-order valence-corrected chi connectivity index (χ1v) is 8.47. The molecular weight excluding hydrogens is 314 g/mol. The first-order valence-electron chi connectivity index (χ1n) is 8.47. The van der Waals surface area contributed by atoms with E-state index in [4.69, 9.17) is 4.98 Å². The van der Waals surface area contributed by atoms with Crippen LogP contribution in [0.3, 0.4) is 0 Å². The van der Waals surface area contributed by atoms with Crippen LogP contribution >= 0.6 is 0 Å². The average Bonchev–Trinajstić information content (AvgIpc) is 3.14. The largest absolute Gasteiger partial charge is 0.338 e. The molecule has 0 aromatic carbocycles. The van der Waals surface area contributed by atoms with E-state index in [2.05, 4.69) is 47.6 Å². The summed E-state index contributed by atoms with van der Waals surface area (Å²) in [4.78, 5) is 15.2. The van der Waals surface area contributed by atoms with Gasteiger partial charge in [-0.05, 0) is 31.5 Å². The number of aromatic nitrogens is 6. The number of rotatable bonds is 4. The van der Waals surface area contributed by atoms with Crippen LogP contribution in [0.15, 0.2) is 30.7 Å². The molecule has 4 rings (SSSR count). The number of fused-ring (bicyclic) bond motifs is 3. The molecule has 1 N–H and O–H groups in total. The van der Waals surface area contributed by atoms with Crippen LogP contribution in [0.2, 0.25) is 0 Å². The lowest BCUT2D eigenvalue weighted by Gasteiger charge is -2.10. The van der Waals surface area contributed by atoms with E-state index in [9.17, 15) is 0 Å². The third-order valence-electron chi connectivity index (χ3n) is 4.68. The molecule has 0 unspecified atom stereocenters. The Labute approximate surface area is 146 Å². The average molecular weight is 336 g/mol. The Kier molecular flexibility index (Phi) is 3.73. The van der Waals surface area contributed by atoms with Crippen molar-refractivity contribution < 1.29 is 4.90 Å². The van der Waals surface area contributed by atoms with Crippen molar-refractivity contribution in [2.75, 3.05) is 20.6 Å². The number of nitrogens with zero attached hydrogens (tertiary/aromatic N) is 6. The number of quaternary nitrogens is 1. The molecule has 128 valence electrons. The van der Waals surface area contributed by atoms with Gasteiger partial charge in [-0.1, -0.05) is 6.07 Å². The summed E-state index contributed by atoms with van der Waals surface area (Å²) in [6.07, 6.45) is 3.50. The Balaban J connectivity index is 1.92. The first kappa shape index (κ1) is 15.7. The summed E-state index contributed by atoms with van der Waals surface area (Å²) in [7, 11) is 4.33. The van der Waals surface area contributed by atoms with Gasteiger partial charge in [-0.15, -0.1) is 5.10 Å². The molecule has 0 aliphatic heterocycles. The zero-order valence-corrected chi connectivity index (χ0v) is 15.0. The number of likely N-dealkylation sites (N-methyl/N-ethyl adjacent to an activating group) is 1. The molecule has 0 radical (unpaired) electrons. The minimum absolute atomic E-state index is 0.623. The Morgan fingerprint density at radius 2 is 1.92 bits per heavy atom. The van der Waals surface area contributed by atoms with Gasteiger partial charge < -0.3 is 9.47 Å². The lowest BCUT2D eigenvalue weighted by molar-refractivity contribution is -0.858. The molecule has 0 fully saturated rings. The molecule has 4 heterocycles. The molecule has 0 amide bonds. The highest BCUT2D eigenvalue weighted by Crippen LogP contribution is 2.27. The quantitative estimate of drug-likeness (QED) is 0.601. The lowest BCUT2D eigenvalue weighted by Crippen LogP contribution is -3.06. The molecule has 7 heteroatoms. The lowest BCUT2D eigenvalue weighted by atomic mass is 10.2. The maximum absolute atomic E-state index is 4.75. The van der Waals surface area contributed by atoms with Crippen LogP contribution < -0.4 is 4.90 Å². The van der Waals surface area contributed by atoms with Gasteiger partial charge in [0.15, 0.2) is 5.65 Å². The summed E-state index contributed by atoms with van der Waals surface area (Å²) < 4.78 is 4.03. The molecule has 0 aliphatic rings. The number of aryl methyl sites for hydroxylation is 1. The minimum atomic E-state index is 0.623. The van der Waals surface area contributed by atoms with Crippen LogP contribution in [0, 0.1) is 13.8 Å². The molecule has 0 saturated carbocycles. The van der Waals surface area contributed by atoms with Crippen LogP contribution in [0.1, 0.15) is 11.3 Å². The molecule has 7 nitrogen and oxygen atoms in total. The van der Waals surface area contributed by atoms with E-state index in [0.29, 0.717) is 5.82 Å². The Hall–Kier alpha value is -2.80. The fourth-order valence-corrected chi connectivity index (χ4v) is 3.14. The summed E-state index contributed by atoms with van der Waals surface area (Å²) in [5.41, 5.74) is 5.02. The minimum Gasteiger partial charge on any atom is -0.338 e. The zero-order chi connectivity index (χ0) is 17.6. The maximum Gasteiger partial charge on any atom is 0.200 e. The van der Waals surface area contributed by atoms with E-state index in [1.807, 2.05) is 18.2 Å². The van der Waals surface area contributed by atoms with E-state index in [1.165, 1.54) is 16.2 Å². The fourth-order valence-electron chi connectivity index (χ4n) is 3.14. The summed E-state index contributed by atoms with van der Waals surface area (Å²) in [6.45, 7) is 6.26. The predicted octanol–water partition coefficient (Wildman–Crippen LogP) is 0.902. The highest BCUT2D eigenvalue weighted by Gasteiger charge is 2.18. The van der Waals surface area contributed by atoms with Crippen molar-refractivity contribution in [2.24, 2.45) is 0 Å². The highest BCUT2D eigenvalue weighted by molar-refractivity contribution is 5.94. The fraction of sp³-hybridized carbons (Fsp3) is 0.333. The van der Waals surface area contributed by atoms with Crippen LogP contribution in [-0.4, -0.2) is 49.8 Å². The Morgan fingerprint density at radius 3 is 2.64 bits per heavy atom. The van der Waals surface area contributed by atoms with Crippen LogP contribution in [0.25, 0.3) is 28.2 Å². The van der Waals surface area contributed by atoms with Crippen molar-refractivity contribution in [3.8, 4) is 11.5 Å². The second kappa shape index (κ2) is 5.93. The summed E-state index contributed by atoms with van der Waals surface area (Å²) in [5, 5.41) is 5.63. The molecule has 0 atom stereocenters. The summed E-state index contributed by atoms with van der Waals surface area (Å²) in [6, 6.07) is 5.75. The highest BCUT2D eigenvalue weighted by atomic mass is 15.3. The molecule has 0 bridgehead atoms. The number of hydrogen-bond donors (Lipinski definition) is 1. The second-order valence-corrected chi connectivity index (χ2v) is 6.68. The van der Waals surface area contributed by atoms with Gasteiger partial charge in [0.05, 0.1) is 32.6 Å². The van der Waals surface area contributed by atoms with Gasteiger partial charge in [0.2, 0.25) is 5.82 Å². The maximum atomic E-state index is 4.75. The summed E-state index contributed by atoms with van der Waals surface area (Å²) >= 11 is 0. The van der Waals surface area contributed by atoms with E-state index in [-0.39, 0.29) is 0 Å². The molecule has 25 heavy (non-hydrogen) atoms. The molecule has 4 aromatic heterocycles. The SMILES string of the molecule is Cc1c(C)n(CC[NH+](C)C)c2ncn3nc(-c4ccccn4)nc3c12. The van der Waals surface area contributed by atoms with Crippen molar-refractivity contribution in [3.05, 3.63) is 42.0 Å². The van der Waals surface area contributed by atoms with Crippen molar-refractivity contribution in [3.63, 3.8) is 0 Å². The summed E-state index contributed by atoms with van der Waals surface area (Å²) in [5.74, 6) is 0.623.